The molecule has 0 aliphatic carbocycles. The summed E-state index contributed by atoms with van der Waals surface area (Å²) >= 11 is 6.37. The van der Waals surface area contributed by atoms with Crippen LogP contribution in [-0.4, -0.2) is 47.6 Å². The molecule has 0 radical (unpaired) electrons. The minimum Gasteiger partial charge on any atom is -0.306 e. The number of allylic oxidation sites excluding steroid dienone is 1. The Bertz CT molecular complexity index is 331. The van der Waals surface area contributed by atoms with Gasteiger partial charge in [0.15, 0.2) is 0 Å². The highest BCUT2D eigenvalue weighted by Crippen LogP contribution is 2.31. The van der Waals surface area contributed by atoms with Crippen LogP contribution in [0, 0.1) is 0 Å². The molecule has 16 heavy (non-hydrogen) atoms. The van der Waals surface area contributed by atoms with Gasteiger partial charge in [0.1, 0.15) is 5.50 Å². The molecular formula is C10H18ClN5. The average molecular weight is 244 g/mol. The largest absolute Gasteiger partial charge is 0.306 e. The van der Waals surface area contributed by atoms with E-state index < -0.39 is 0 Å². The Kier molecular flexibility index (Phi) is 2.51. The van der Waals surface area contributed by atoms with Gasteiger partial charge in [0.2, 0.25) is 0 Å². The number of likely N-dealkylation sites (N-methyl/N-ethyl adjacent to an activating group) is 1. The molecule has 5 nitrogen and oxygen atoms in total. The zero-order chi connectivity index (χ0) is 11.3. The number of nitrogens with one attached hydrogen (secondary N) is 3. The third-order valence-electron chi connectivity index (χ3n) is 3.80. The van der Waals surface area contributed by atoms with Crippen LogP contribution in [0.15, 0.2) is 11.4 Å². The minimum absolute atomic E-state index is 0.0352. The van der Waals surface area contributed by atoms with Gasteiger partial charge in [-0.15, -0.1) is 17.1 Å². The van der Waals surface area contributed by atoms with E-state index in [9.17, 15) is 0 Å². The maximum Gasteiger partial charge on any atom is 0.100 e. The van der Waals surface area contributed by atoms with Crippen molar-refractivity contribution in [2.45, 2.75) is 30.9 Å². The lowest BCUT2D eigenvalue weighted by Gasteiger charge is -2.50. The van der Waals surface area contributed by atoms with Crippen molar-refractivity contribution in [3.8, 4) is 0 Å². The predicted molar refractivity (Wildman–Crippen MR) is 63.3 cm³/mol. The molecule has 6 heteroatoms. The number of hydrazine groups is 2. The zero-order valence-electron chi connectivity index (χ0n) is 9.63. The van der Waals surface area contributed by atoms with Gasteiger partial charge in [-0.2, -0.15) is 0 Å². The van der Waals surface area contributed by atoms with Crippen molar-refractivity contribution in [1.82, 2.24) is 26.2 Å². The minimum atomic E-state index is 0.0352. The molecule has 2 saturated heterocycles. The first-order valence-corrected chi connectivity index (χ1v) is 6.20. The molecule has 3 aliphatic heterocycles. The molecule has 0 aromatic carbocycles. The predicted octanol–water partition coefficient (Wildman–Crippen LogP) is -0.216. The van der Waals surface area contributed by atoms with Gasteiger partial charge in [0, 0.05) is 12.2 Å². The Morgan fingerprint density at radius 3 is 3.06 bits per heavy atom. The summed E-state index contributed by atoms with van der Waals surface area (Å²) in [6.07, 6.45) is 1.11. The quantitative estimate of drug-likeness (QED) is 0.406. The monoisotopic (exact) mass is 243 g/mol. The number of hydrogen-bond acceptors (Lipinski definition) is 5. The summed E-state index contributed by atoms with van der Waals surface area (Å²) in [5.41, 5.74) is 9.03. The molecule has 0 bridgehead atoms. The van der Waals surface area contributed by atoms with Crippen molar-refractivity contribution in [2.24, 2.45) is 0 Å². The smallest absolute Gasteiger partial charge is 0.100 e. The standard InChI is InChI=1S/C10H18ClN5/c1-6-8-5-15(2)9-7(16(8)14-13-6)3-4-12-10(9)11/h7,9-10,12-14H,3-5H2,1-2H3. The SMILES string of the molecule is CC1=C2CN(C)C3C(Cl)NCCC3N2NN1. The van der Waals surface area contributed by atoms with Gasteiger partial charge in [-0.3, -0.25) is 15.2 Å². The van der Waals surface area contributed by atoms with Gasteiger partial charge in [-0.05, 0) is 26.9 Å². The van der Waals surface area contributed by atoms with Crippen LogP contribution in [-0.2, 0) is 0 Å². The van der Waals surface area contributed by atoms with E-state index in [-0.39, 0.29) is 5.50 Å². The van der Waals surface area contributed by atoms with E-state index in [1.165, 1.54) is 11.4 Å². The topological polar surface area (TPSA) is 42.6 Å². The van der Waals surface area contributed by atoms with Gasteiger partial charge >= 0.3 is 0 Å². The lowest BCUT2D eigenvalue weighted by molar-refractivity contribution is 0.0171. The number of alkyl halides is 1. The summed E-state index contributed by atoms with van der Waals surface area (Å²) in [5, 5.41) is 5.60. The van der Waals surface area contributed by atoms with Crippen molar-refractivity contribution in [1.29, 1.82) is 0 Å². The summed E-state index contributed by atoms with van der Waals surface area (Å²) in [4.78, 5) is 2.35. The highest BCUT2D eigenvalue weighted by molar-refractivity contribution is 6.21. The molecule has 90 valence electrons. The first-order valence-electron chi connectivity index (χ1n) is 5.77. The van der Waals surface area contributed by atoms with E-state index in [1.807, 2.05) is 0 Å². The number of nitrogens with zero attached hydrogens (tertiary/aromatic N) is 2. The zero-order valence-corrected chi connectivity index (χ0v) is 10.4. The summed E-state index contributed by atoms with van der Waals surface area (Å²) in [7, 11) is 2.15. The molecule has 3 aliphatic rings. The van der Waals surface area contributed by atoms with E-state index >= 15 is 0 Å². The molecular weight excluding hydrogens is 226 g/mol. The van der Waals surface area contributed by atoms with Crippen molar-refractivity contribution in [3.63, 3.8) is 0 Å². The first-order chi connectivity index (χ1) is 7.68. The number of rotatable bonds is 0. The molecule has 3 heterocycles. The first kappa shape index (κ1) is 10.7. The maximum absolute atomic E-state index is 6.37. The number of piperidine rings is 1. The van der Waals surface area contributed by atoms with Gasteiger partial charge in [-0.25, -0.2) is 0 Å². The van der Waals surface area contributed by atoms with Crippen LogP contribution in [0.1, 0.15) is 13.3 Å². The molecule has 0 aromatic heterocycles. The Balaban J connectivity index is 1.92. The Morgan fingerprint density at radius 1 is 1.44 bits per heavy atom. The molecule has 0 spiro atoms. The molecule has 0 saturated carbocycles. The Hall–Kier alpha value is -0.490. The summed E-state index contributed by atoms with van der Waals surface area (Å²) in [6.45, 7) is 4.03. The van der Waals surface area contributed by atoms with Crippen molar-refractivity contribution in [2.75, 3.05) is 20.1 Å². The van der Waals surface area contributed by atoms with Gasteiger partial charge < -0.3 is 5.43 Å². The molecule has 3 unspecified atom stereocenters. The van der Waals surface area contributed by atoms with Crippen LogP contribution < -0.4 is 16.3 Å². The van der Waals surface area contributed by atoms with Crippen molar-refractivity contribution >= 4 is 11.6 Å². The summed E-state index contributed by atoms with van der Waals surface area (Å²) in [5.74, 6) is 0. The van der Waals surface area contributed by atoms with E-state index in [2.05, 4.69) is 40.2 Å². The lowest BCUT2D eigenvalue weighted by atomic mass is 9.95. The fourth-order valence-electron chi connectivity index (χ4n) is 2.94. The van der Waals surface area contributed by atoms with Crippen LogP contribution in [0.2, 0.25) is 0 Å². The van der Waals surface area contributed by atoms with Crippen LogP contribution in [0.4, 0.5) is 0 Å². The number of halogens is 1. The van der Waals surface area contributed by atoms with Crippen LogP contribution in [0.3, 0.4) is 0 Å². The van der Waals surface area contributed by atoms with E-state index in [0.29, 0.717) is 12.1 Å². The number of hydrogen-bond donors (Lipinski definition) is 3. The molecule has 3 rings (SSSR count). The number of piperazine rings is 1. The second-order valence-corrected chi connectivity index (χ2v) is 5.27. The van der Waals surface area contributed by atoms with Gasteiger partial charge in [-0.1, -0.05) is 0 Å². The molecule has 0 aromatic rings. The van der Waals surface area contributed by atoms with Crippen molar-refractivity contribution in [3.05, 3.63) is 11.4 Å². The second kappa shape index (κ2) is 3.77. The highest BCUT2D eigenvalue weighted by Gasteiger charge is 2.45. The molecule has 3 atom stereocenters. The van der Waals surface area contributed by atoms with Crippen LogP contribution >= 0.6 is 11.6 Å². The Morgan fingerprint density at radius 2 is 2.25 bits per heavy atom. The summed E-state index contributed by atoms with van der Waals surface area (Å²) in [6, 6.07) is 0.807. The molecule has 2 fully saturated rings. The number of fused-ring (bicyclic) bond motifs is 3. The third-order valence-corrected chi connectivity index (χ3v) is 4.21. The van der Waals surface area contributed by atoms with Crippen molar-refractivity contribution < 1.29 is 0 Å². The third kappa shape index (κ3) is 1.43. The van der Waals surface area contributed by atoms with E-state index in [0.717, 1.165) is 19.5 Å². The van der Waals surface area contributed by atoms with Crippen LogP contribution in [0.25, 0.3) is 0 Å². The second-order valence-electron chi connectivity index (χ2n) is 4.80. The fraction of sp³-hybridized carbons (Fsp3) is 0.800. The molecule has 0 amide bonds. The molecule has 3 N–H and O–H groups in total. The van der Waals surface area contributed by atoms with E-state index in [1.54, 1.807) is 0 Å². The highest BCUT2D eigenvalue weighted by atomic mass is 35.5. The fourth-order valence-corrected chi connectivity index (χ4v) is 3.41. The average Bonchev–Trinajstić information content (AvgIpc) is 2.61. The summed E-state index contributed by atoms with van der Waals surface area (Å²) < 4.78 is 0. The normalized spacial score (nSPS) is 39.4. The van der Waals surface area contributed by atoms with Crippen LogP contribution in [0.5, 0.6) is 0 Å². The van der Waals surface area contributed by atoms with Gasteiger partial charge in [0.25, 0.3) is 0 Å². The van der Waals surface area contributed by atoms with E-state index in [4.69, 9.17) is 11.6 Å². The van der Waals surface area contributed by atoms with Gasteiger partial charge in [0.05, 0.1) is 17.8 Å². The maximum atomic E-state index is 6.37. The Labute approximate surface area is 101 Å². The lowest BCUT2D eigenvalue weighted by Crippen LogP contribution is -2.67.